The highest BCUT2D eigenvalue weighted by molar-refractivity contribution is 6.30. The lowest BCUT2D eigenvalue weighted by Gasteiger charge is -2.16. The van der Waals surface area contributed by atoms with Crippen molar-refractivity contribution in [1.82, 2.24) is 5.43 Å². The fraction of sp³-hybridized carbons (Fsp3) is 0.333. The largest absolute Gasteiger partial charge is 0.481 e. The number of amides is 1. The Labute approximate surface area is 160 Å². The van der Waals surface area contributed by atoms with Crippen LogP contribution >= 0.6 is 11.6 Å². The van der Waals surface area contributed by atoms with Gasteiger partial charge in [-0.2, -0.15) is 5.10 Å². The maximum Gasteiger partial charge on any atom is 0.280 e. The molecule has 2 aromatic carbocycles. The summed E-state index contributed by atoms with van der Waals surface area (Å²) in [4.78, 5) is 12.4. The third-order valence-corrected chi connectivity index (χ3v) is 4.05. The number of rotatable bonds is 7. The molecule has 2 aromatic rings. The lowest BCUT2D eigenvalue weighted by Crippen LogP contribution is -2.34. The van der Waals surface area contributed by atoms with Gasteiger partial charge in [0.05, 0.1) is 5.71 Å². The standard InChI is InChI=1S/C21H25ClN2O2/c1-14(2)12-19(17-8-6-5-7-9-17)23-24-21(25)16(4)26-20-11-10-18(22)13-15(20)3/h5-11,13-14,16H,12H2,1-4H3,(H,24,25). The first kappa shape index (κ1) is 20.0. The molecule has 1 N–H and O–H groups in total. The molecule has 0 spiro atoms. The van der Waals surface area contributed by atoms with Crippen molar-refractivity contribution in [2.24, 2.45) is 11.0 Å². The number of ether oxygens (including phenoxy) is 1. The quantitative estimate of drug-likeness (QED) is 0.550. The second kappa shape index (κ2) is 9.39. The van der Waals surface area contributed by atoms with E-state index in [2.05, 4.69) is 24.4 Å². The predicted octanol–water partition coefficient (Wildman–Crippen LogP) is 4.98. The Bertz CT molecular complexity index is 773. The molecule has 0 bridgehead atoms. The van der Waals surface area contributed by atoms with Crippen LogP contribution in [-0.4, -0.2) is 17.7 Å². The number of benzene rings is 2. The van der Waals surface area contributed by atoms with Gasteiger partial charge in [-0.25, -0.2) is 5.43 Å². The van der Waals surface area contributed by atoms with Gasteiger partial charge in [0.25, 0.3) is 5.91 Å². The number of aryl methyl sites for hydroxylation is 1. The molecule has 0 radical (unpaired) electrons. The van der Waals surface area contributed by atoms with Gasteiger partial charge in [-0.1, -0.05) is 55.8 Å². The molecule has 1 amide bonds. The van der Waals surface area contributed by atoms with Crippen LogP contribution in [-0.2, 0) is 4.79 Å². The fourth-order valence-corrected chi connectivity index (χ4v) is 2.67. The molecule has 0 aromatic heterocycles. The van der Waals surface area contributed by atoms with Crippen molar-refractivity contribution in [3.05, 3.63) is 64.7 Å². The predicted molar refractivity (Wildman–Crippen MR) is 107 cm³/mol. The number of hydrogen-bond acceptors (Lipinski definition) is 3. The van der Waals surface area contributed by atoms with Crippen LogP contribution in [0.1, 0.15) is 38.3 Å². The molecule has 0 saturated heterocycles. The van der Waals surface area contributed by atoms with Crippen LogP contribution in [0.25, 0.3) is 0 Å². The molecular weight excluding hydrogens is 348 g/mol. The number of halogens is 1. The lowest BCUT2D eigenvalue weighted by molar-refractivity contribution is -0.127. The molecule has 5 heteroatoms. The smallest absolute Gasteiger partial charge is 0.280 e. The first-order valence-electron chi connectivity index (χ1n) is 8.71. The summed E-state index contributed by atoms with van der Waals surface area (Å²) in [6, 6.07) is 15.2. The minimum atomic E-state index is -0.672. The van der Waals surface area contributed by atoms with E-state index in [1.54, 1.807) is 25.1 Å². The van der Waals surface area contributed by atoms with Gasteiger partial charge >= 0.3 is 0 Å². The molecule has 0 aliphatic heterocycles. The minimum absolute atomic E-state index is 0.295. The molecule has 0 saturated carbocycles. The SMILES string of the molecule is Cc1cc(Cl)ccc1OC(C)C(=O)NN=C(CC(C)C)c1ccccc1. The van der Waals surface area contributed by atoms with E-state index < -0.39 is 6.10 Å². The van der Waals surface area contributed by atoms with Crippen LogP contribution < -0.4 is 10.2 Å². The zero-order chi connectivity index (χ0) is 19.1. The lowest BCUT2D eigenvalue weighted by atomic mass is 10.0. The summed E-state index contributed by atoms with van der Waals surface area (Å²) < 4.78 is 5.74. The Morgan fingerprint density at radius 2 is 1.85 bits per heavy atom. The zero-order valence-corrected chi connectivity index (χ0v) is 16.4. The van der Waals surface area contributed by atoms with E-state index in [0.717, 1.165) is 23.3 Å². The van der Waals surface area contributed by atoms with Crippen LogP contribution in [0.2, 0.25) is 5.02 Å². The Morgan fingerprint density at radius 3 is 2.46 bits per heavy atom. The van der Waals surface area contributed by atoms with Crippen molar-refractivity contribution in [2.75, 3.05) is 0 Å². The summed E-state index contributed by atoms with van der Waals surface area (Å²) >= 11 is 5.95. The maximum atomic E-state index is 12.4. The van der Waals surface area contributed by atoms with Crippen LogP contribution in [0, 0.1) is 12.8 Å². The second-order valence-electron chi connectivity index (χ2n) is 6.67. The van der Waals surface area contributed by atoms with E-state index in [9.17, 15) is 4.79 Å². The molecule has 0 fully saturated rings. The first-order chi connectivity index (χ1) is 12.4. The molecule has 0 heterocycles. The highest BCUT2D eigenvalue weighted by atomic mass is 35.5. The monoisotopic (exact) mass is 372 g/mol. The van der Waals surface area contributed by atoms with E-state index in [-0.39, 0.29) is 5.91 Å². The van der Waals surface area contributed by atoms with Gasteiger partial charge in [-0.3, -0.25) is 4.79 Å². The molecule has 26 heavy (non-hydrogen) atoms. The van der Waals surface area contributed by atoms with Gasteiger partial charge in [0.15, 0.2) is 6.10 Å². The number of hydrazone groups is 1. The van der Waals surface area contributed by atoms with Gasteiger partial charge < -0.3 is 4.74 Å². The summed E-state index contributed by atoms with van der Waals surface area (Å²) in [6.07, 6.45) is 0.102. The number of nitrogens with one attached hydrogen (secondary N) is 1. The Balaban J connectivity index is 2.06. The molecule has 4 nitrogen and oxygen atoms in total. The summed E-state index contributed by atoms with van der Waals surface area (Å²) in [7, 11) is 0. The van der Waals surface area contributed by atoms with Crippen LogP contribution in [0.5, 0.6) is 5.75 Å². The Morgan fingerprint density at radius 1 is 1.15 bits per heavy atom. The van der Waals surface area contributed by atoms with E-state index in [4.69, 9.17) is 16.3 Å². The first-order valence-corrected chi connectivity index (χ1v) is 9.09. The number of nitrogens with zero attached hydrogens (tertiary/aromatic N) is 1. The molecule has 2 rings (SSSR count). The van der Waals surface area contributed by atoms with Crippen LogP contribution in [0.15, 0.2) is 53.6 Å². The average molecular weight is 373 g/mol. The molecule has 0 aliphatic carbocycles. The normalized spacial score (nSPS) is 12.8. The maximum absolute atomic E-state index is 12.4. The van der Waals surface area contributed by atoms with Crippen molar-refractivity contribution < 1.29 is 9.53 Å². The Hall–Kier alpha value is -2.33. The number of hydrogen-bond donors (Lipinski definition) is 1. The van der Waals surface area contributed by atoms with Gasteiger partial charge in [-0.05, 0) is 55.5 Å². The topological polar surface area (TPSA) is 50.7 Å². The highest BCUT2D eigenvalue weighted by Crippen LogP contribution is 2.22. The van der Waals surface area contributed by atoms with E-state index in [1.807, 2.05) is 37.3 Å². The summed E-state index contributed by atoms with van der Waals surface area (Å²) in [6.45, 7) is 7.83. The molecular formula is C21H25ClN2O2. The summed E-state index contributed by atoms with van der Waals surface area (Å²) in [5, 5.41) is 4.99. The van der Waals surface area contributed by atoms with Crippen LogP contribution in [0.4, 0.5) is 0 Å². The fourth-order valence-electron chi connectivity index (χ4n) is 2.45. The second-order valence-corrected chi connectivity index (χ2v) is 7.10. The van der Waals surface area contributed by atoms with Crippen molar-refractivity contribution in [1.29, 1.82) is 0 Å². The molecule has 138 valence electrons. The number of carbonyl (C=O) groups excluding carboxylic acids is 1. The summed E-state index contributed by atoms with van der Waals surface area (Å²) in [5.74, 6) is 0.763. The van der Waals surface area contributed by atoms with Gasteiger partial charge in [0, 0.05) is 5.02 Å². The third-order valence-electron chi connectivity index (χ3n) is 3.82. The van der Waals surface area contributed by atoms with Crippen LogP contribution in [0.3, 0.4) is 0 Å². The van der Waals surface area contributed by atoms with Crippen molar-refractivity contribution in [3.8, 4) is 5.75 Å². The van der Waals surface area contributed by atoms with E-state index in [0.29, 0.717) is 16.7 Å². The highest BCUT2D eigenvalue weighted by Gasteiger charge is 2.16. The number of carbonyl (C=O) groups is 1. The van der Waals surface area contributed by atoms with Gasteiger partial charge in [0.1, 0.15) is 5.75 Å². The minimum Gasteiger partial charge on any atom is -0.481 e. The van der Waals surface area contributed by atoms with Crippen molar-refractivity contribution >= 4 is 23.2 Å². The van der Waals surface area contributed by atoms with Gasteiger partial charge in [-0.15, -0.1) is 0 Å². The molecule has 1 unspecified atom stereocenters. The zero-order valence-electron chi connectivity index (χ0n) is 15.6. The van der Waals surface area contributed by atoms with Crippen molar-refractivity contribution in [2.45, 2.75) is 40.2 Å². The molecule has 0 aliphatic rings. The Kier molecular flexibility index (Phi) is 7.22. The van der Waals surface area contributed by atoms with E-state index in [1.165, 1.54) is 0 Å². The summed E-state index contributed by atoms with van der Waals surface area (Å²) in [5.41, 5.74) is 5.37. The van der Waals surface area contributed by atoms with Gasteiger partial charge in [0.2, 0.25) is 0 Å². The molecule has 1 atom stereocenters. The third kappa shape index (κ3) is 5.88. The average Bonchev–Trinajstić information content (AvgIpc) is 2.61. The van der Waals surface area contributed by atoms with Crippen molar-refractivity contribution in [3.63, 3.8) is 0 Å². The van der Waals surface area contributed by atoms with E-state index >= 15 is 0 Å².